The van der Waals surface area contributed by atoms with E-state index in [9.17, 15) is 0 Å². The number of nitrogens with zero attached hydrogens (tertiary/aromatic N) is 2. The smallest absolute Gasteiger partial charge is 0.318 e. The third-order valence-corrected chi connectivity index (χ3v) is 2.15. The van der Waals surface area contributed by atoms with Crippen LogP contribution in [0, 0.1) is 12.8 Å². The maximum atomic E-state index is 4.99. The standard InChI is InChI=1S/C9H14N4O.C4H10/c1-6-3-8(12-7-4-10-5-7)13-9(11-6)14-2;1-4(2)3/h3,7,10H,4-5H2,1-2H3,(H,11,12,13);4H,1-3H3. The molecule has 0 spiro atoms. The average molecular weight is 252 g/mol. The molecule has 5 nitrogen and oxygen atoms in total. The second-order valence-corrected chi connectivity index (χ2v) is 5.11. The minimum absolute atomic E-state index is 0.416. The van der Waals surface area contributed by atoms with E-state index in [1.165, 1.54) is 0 Å². The lowest BCUT2D eigenvalue weighted by atomic mass is 10.2. The lowest BCUT2D eigenvalue weighted by Crippen LogP contribution is -2.51. The molecule has 0 saturated carbocycles. The molecule has 0 aromatic carbocycles. The van der Waals surface area contributed by atoms with Gasteiger partial charge in [0.2, 0.25) is 0 Å². The second-order valence-electron chi connectivity index (χ2n) is 5.11. The number of aryl methyl sites for hydroxylation is 1. The summed E-state index contributed by atoms with van der Waals surface area (Å²) in [5.41, 5.74) is 0.909. The number of hydrogen-bond donors (Lipinski definition) is 2. The van der Waals surface area contributed by atoms with Crippen molar-refractivity contribution in [2.75, 3.05) is 25.5 Å². The fourth-order valence-corrected chi connectivity index (χ4v) is 1.31. The van der Waals surface area contributed by atoms with E-state index < -0.39 is 0 Å². The van der Waals surface area contributed by atoms with E-state index in [-0.39, 0.29) is 0 Å². The number of nitrogens with one attached hydrogen (secondary N) is 2. The highest BCUT2D eigenvalue weighted by molar-refractivity contribution is 5.38. The van der Waals surface area contributed by atoms with Gasteiger partial charge in [-0.05, 0) is 12.8 Å². The fraction of sp³-hybridized carbons (Fsp3) is 0.692. The number of hydrogen-bond acceptors (Lipinski definition) is 5. The predicted molar refractivity (Wildman–Crippen MR) is 74.1 cm³/mol. The van der Waals surface area contributed by atoms with Crippen molar-refractivity contribution in [3.63, 3.8) is 0 Å². The Morgan fingerprint density at radius 3 is 2.39 bits per heavy atom. The second kappa shape index (κ2) is 7.16. The van der Waals surface area contributed by atoms with Gasteiger partial charge < -0.3 is 15.4 Å². The largest absolute Gasteiger partial charge is 0.467 e. The summed E-state index contributed by atoms with van der Waals surface area (Å²) in [6.45, 7) is 10.4. The predicted octanol–water partition coefficient (Wildman–Crippen LogP) is 1.84. The van der Waals surface area contributed by atoms with Gasteiger partial charge in [-0.15, -0.1) is 0 Å². The first kappa shape index (κ1) is 14.7. The molecular weight excluding hydrogens is 228 g/mol. The van der Waals surface area contributed by atoms with Gasteiger partial charge in [0.15, 0.2) is 0 Å². The minimum atomic E-state index is 0.416. The van der Waals surface area contributed by atoms with Crippen LogP contribution < -0.4 is 15.4 Å². The summed E-state index contributed by atoms with van der Waals surface area (Å²) in [7, 11) is 1.57. The van der Waals surface area contributed by atoms with Gasteiger partial charge in [-0.25, -0.2) is 4.98 Å². The van der Waals surface area contributed by atoms with Crippen molar-refractivity contribution >= 4 is 5.82 Å². The number of anilines is 1. The van der Waals surface area contributed by atoms with E-state index in [2.05, 4.69) is 41.4 Å². The van der Waals surface area contributed by atoms with Crippen molar-refractivity contribution in [3.8, 4) is 6.01 Å². The van der Waals surface area contributed by atoms with E-state index in [0.29, 0.717) is 12.1 Å². The van der Waals surface area contributed by atoms with Gasteiger partial charge in [0.1, 0.15) is 5.82 Å². The quantitative estimate of drug-likeness (QED) is 0.859. The SMILES string of the molecule is CC(C)C.COc1nc(C)cc(NC2CNC2)n1. The van der Waals surface area contributed by atoms with E-state index in [1.807, 2.05) is 13.0 Å². The van der Waals surface area contributed by atoms with Crippen molar-refractivity contribution in [1.29, 1.82) is 0 Å². The molecule has 2 rings (SSSR count). The molecule has 0 atom stereocenters. The number of ether oxygens (including phenoxy) is 1. The van der Waals surface area contributed by atoms with E-state index >= 15 is 0 Å². The zero-order chi connectivity index (χ0) is 13.5. The van der Waals surface area contributed by atoms with Crippen LogP contribution in [0.5, 0.6) is 6.01 Å². The first-order chi connectivity index (χ1) is 8.51. The Hall–Kier alpha value is -1.36. The molecule has 0 unspecified atom stereocenters. The maximum absolute atomic E-state index is 4.99. The summed E-state index contributed by atoms with van der Waals surface area (Å²) in [5.74, 6) is 1.67. The molecule has 1 fully saturated rings. The van der Waals surface area contributed by atoms with Crippen LogP contribution in [-0.4, -0.2) is 36.2 Å². The van der Waals surface area contributed by atoms with Crippen LogP contribution in [0.15, 0.2) is 6.07 Å². The fourth-order valence-electron chi connectivity index (χ4n) is 1.31. The Labute approximate surface area is 109 Å². The van der Waals surface area contributed by atoms with E-state index in [0.717, 1.165) is 30.5 Å². The third kappa shape index (κ3) is 5.31. The molecular formula is C13H24N4O. The molecule has 0 radical (unpaired) electrons. The Morgan fingerprint density at radius 1 is 1.33 bits per heavy atom. The van der Waals surface area contributed by atoms with Crippen molar-refractivity contribution in [3.05, 3.63) is 11.8 Å². The van der Waals surface area contributed by atoms with Crippen LogP contribution in [0.1, 0.15) is 26.5 Å². The van der Waals surface area contributed by atoms with Crippen LogP contribution in [0.25, 0.3) is 0 Å². The minimum Gasteiger partial charge on any atom is -0.467 e. The van der Waals surface area contributed by atoms with Crippen LogP contribution >= 0.6 is 0 Å². The molecule has 2 heterocycles. The summed E-state index contributed by atoms with van der Waals surface area (Å²) < 4.78 is 4.99. The zero-order valence-corrected chi connectivity index (χ0v) is 11.9. The monoisotopic (exact) mass is 252 g/mol. The van der Waals surface area contributed by atoms with Gasteiger partial charge in [-0.2, -0.15) is 4.98 Å². The van der Waals surface area contributed by atoms with Crippen LogP contribution in [0.4, 0.5) is 5.82 Å². The van der Waals surface area contributed by atoms with Crippen molar-refractivity contribution in [2.24, 2.45) is 5.92 Å². The van der Waals surface area contributed by atoms with Gasteiger partial charge in [0.25, 0.3) is 0 Å². The highest BCUT2D eigenvalue weighted by Crippen LogP contribution is 2.12. The van der Waals surface area contributed by atoms with Gasteiger partial charge in [0, 0.05) is 24.8 Å². The van der Waals surface area contributed by atoms with Crippen molar-refractivity contribution in [1.82, 2.24) is 15.3 Å². The molecule has 1 aromatic heterocycles. The first-order valence-corrected chi connectivity index (χ1v) is 6.38. The Kier molecular flexibility index (Phi) is 5.85. The number of methoxy groups -OCH3 is 1. The molecule has 1 saturated heterocycles. The summed E-state index contributed by atoms with van der Waals surface area (Å²) in [6.07, 6.45) is 0. The third-order valence-electron chi connectivity index (χ3n) is 2.15. The van der Waals surface area contributed by atoms with Crippen LogP contribution in [0.2, 0.25) is 0 Å². The highest BCUT2D eigenvalue weighted by Gasteiger charge is 2.16. The normalized spacial score (nSPS) is 14.6. The van der Waals surface area contributed by atoms with Gasteiger partial charge in [-0.3, -0.25) is 0 Å². The molecule has 18 heavy (non-hydrogen) atoms. The Balaban J connectivity index is 0.000000357. The molecule has 0 bridgehead atoms. The molecule has 0 aliphatic carbocycles. The van der Waals surface area contributed by atoms with E-state index in [1.54, 1.807) is 7.11 Å². The zero-order valence-electron chi connectivity index (χ0n) is 11.9. The van der Waals surface area contributed by atoms with Gasteiger partial charge in [-0.1, -0.05) is 20.8 Å². The molecule has 1 aliphatic rings. The van der Waals surface area contributed by atoms with Crippen LogP contribution in [-0.2, 0) is 0 Å². The highest BCUT2D eigenvalue weighted by atomic mass is 16.5. The Morgan fingerprint density at radius 2 is 1.94 bits per heavy atom. The van der Waals surface area contributed by atoms with Crippen molar-refractivity contribution in [2.45, 2.75) is 33.7 Å². The molecule has 1 aromatic rings. The van der Waals surface area contributed by atoms with Gasteiger partial charge in [0.05, 0.1) is 13.2 Å². The van der Waals surface area contributed by atoms with Gasteiger partial charge >= 0.3 is 6.01 Å². The lowest BCUT2D eigenvalue weighted by Gasteiger charge is -2.28. The molecule has 0 amide bonds. The maximum Gasteiger partial charge on any atom is 0.318 e. The molecule has 2 N–H and O–H groups in total. The Bertz CT molecular complexity index is 361. The summed E-state index contributed by atoms with van der Waals surface area (Å²) in [6, 6.07) is 2.81. The lowest BCUT2D eigenvalue weighted by molar-refractivity contribution is 0.378. The van der Waals surface area contributed by atoms with Crippen molar-refractivity contribution < 1.29 is 4.74 Å². The first-order valence-electron chi connectivity index (χ1n) is 6.38. The molecule has 5 heteroatoms. The number of aromatic nitrogens is 2. The average Bonchev–Trinajstić information content (AvgIpc) is 2.22. The summed E-state index contributed by atoms with van der Waals surface area (Å²) >= 11 is 0. The van der Waals surface area contributed by atoms with Crippen LogP contribution in [0.3, 0.4) is 0 Å². The number of rotatable bonds is 3. The topological polar surface area (TPSA) is 59.1 Å². The summed E-state index contributed by atoms with van der Waals surface area (Å²) in [4.78, 5) is 8.32. The molecule has 1 aliphatic heterocycles. The summed E-state index contributed by atoms with van der Waals surface area (Å²) in [5, 5.41) is 6.49. The van der Waals surface area contributed by atoms with E-state index in [4.69, 9.17) is 4.74 Å². The molecule has 102 valence electrons.